The van der Waals surface area contributed by atoms with Crippen LogP contribution in [0.1, 0.15) is 11.1 Å². The summed E-state index contributed by atoms with van der Waals surface area (Å²) in [6.07, 6.45) is 0. The first-order chi connectivity index (χ1) is 12.2. The van der Waals surface area contributed by atoms with Crippen molar-refractivity contribution in [3.63, 3.8) is 0 Å². The third-order valence-corrected chi connectivity index (χ3v) is 5.58. The smallest absolute Gasteiger partial charge is 0.230 e. The van der Waals surface area contributed by atoms with Crippen molar-refractivity contribution < 1.29 is 9.78 Å². The number of thiol groups is 2. The Labute approximate surface area is 156 Å². The van der Waals surface area contributed by atoms with E-state index in [-0.39, 0.29) is 0 Å². The summed E-state index contributed by atoms with van der Waals surface area (Å²) in [6, 6.07) is 26.6. The van der Waals surface area contributed by atoms with Crippen LogP contribution in [0.15, 0.2) is 78.9 Å². The molecule has 0 amide bonds. The summed E-state index contributed by atoms with van der Waals surface area (Å²) < 4.78 is -1.05. The predicted octanol–water partition coefficient (Wildman–Crippen LogP) is 5.19. The Kier molecular flexibility index (Phi) is 3.24. The molecule has 0 N–H and O–H groups in total. The molecule has 3 aromatic carbocycles. The Bertz CT molecular complexity index is 911. The Hall–Kier alpha value is -1.92. The quantitative estimate of drug-likeness (QED) is 0.352. The third kappa shape index (κ3) is 1.92. The summed E-state index contributed by atoms with van der Waals surface area (Å²) in [6.45, 7) is 0. The van der Waals surface area contributed by atoms with Gasteiger partial charge in [0, 0.05) is 16.8 Å². The van der Waals surface area contributed by atoms with Gasteiger partial charge in [-0.05, 0) is 24.3 Å². The van der Waals surface area contributed by atoms with E-state index in [1.165, 1.54) is 0 Å². The lowest BCUT2D eigenvalue weighted by Gasteiger charge is -2.55. The highest BCUT2D eigenvalue weighted by Gasteiger charge is 2.66. The normalized spacial score (nSPS) is 19.0. The molecule has 3 nitrogen and oxygen atoms in total. The fraction of sp³-hybridized carbons (Fsp3) is 0.100. The molecular weight excluding hydrogens is 350 g/mol. The van der Waals surface area contributed by atoms with E-state index in [0.29, 0.717) is 0 Å². The van der Waals surface area contributed by atoms with Gasteiger partial charge in [-0.15, -0.1) is 25.3 Å². The number of benzene rings is 3. The molecule has 0 aromatic heterocycles. The first kappa shape index (κ1) is 15.3. The van der Waals surface area contributed by atoms with E-state index in [1.54, 1.807) is 0 Å². The molecule has 1 fully saturated rings. The van der Waals surface area contributed by atoms with Crippen molar-refractivity contribution in [3.05, 3.63) is 90.0 Å². The zero-order valence-electron chi connectivity index (χ0n) is 13.2. The van der Waals surface area contributed by atoms with Gasteiger partial charge >= 0.3 is 0 Å². The number of hydrogen-bond donors (Lipinski definition) is 2. The summed E-state index contributed by atoms with van der Waals surface area (Å²) in [5.74, 6) is 0. The van der Waals surface area contributed by atoms with Crippen molar-refractivity contribution in [1.29, 1.82) is 0 Å². The lowest BCUT2D eigenvalue weighted by atomic mass is 9.79. The molecule has 124 valence electrons. The second-order valence-electron chi connectivity index (χ2n) is 6.16. The van der Waals surface area contributed by atoms with Gasteiger partial charge in [-0.3, -0.25) is 0 Å². The van der Waals surface area contributed by atoms with E-state index in [2.05, 4.69) is 54.4 Å². The second-order valence-corrected chi connectivity index (χ2v) is 7.77. The number of nitrogens with zero attached hydrogens (tertiary/aromatic N) is 1. The largest absolute Gasteiger partial charge is 0.310 e. The lowest BCUT2D eigenvalue weighted by molar-refractivity contribution is -0.491. The molecule has 0 aliphatic carbocycles. The van der Waals surface area contributed by atoms with Crippen molar-refractivity contribution in [1.82, 2.24) is 0 Å². The molecule has 0 bridgehead atoms. The Morgan fingerprint density at radius 2 is 1.16 bits per heavy atom. The summed E-state index contributed by atoms with van der Waals surface area (Å²) >= 11 is 9.27. The predicted molar refractivity (Wildman–Crippen MR) is 105 cm³/mol. The molecule has 0 atom stereocenters. The Morgan fingerprint density at radius 1 is 0.640 bits per heavy atom. The fourth-order valence-corrected chi connectivity index (χ4v) is 4.33. The fourth-order valence-electron chi connectivity index (χ4n) is 3.70. The highest BCUT2D eigenvalue weighted by Crippen LogP contribution is 2.64. The van der Waals surface area contributed by atoms with Crippen LogP contribution in [0.25, 0.3) is 0 Å². The number of anilines is 3. The molecule has 0 saturated carbocycles. The maximum absolute atomic E-state index is 5.73. The van der Waals surface area contributed by atoms with Crippen LogP contribution in [0.4, 0.5) is 17.1 Å². The molecule has 5 rings (SSSR count). The summed E-state index contributed by atoms with van der Waals surface area (Å²) in [4.78, 5) is 13.2. The van der Waals surface area contributed by atoms with Crippen LogP contribution in [0, 0.1) is 0 Å². The van der Waals surface area contributed by atoms with Gasteiger partial charge in [0.25, 0.3) is 0 Å². The van der Waals surface area contributed by atoms with Crippen molar-refractivity contribution in [2.24, 2.45) is 0 Å². The minimum absolute atomic E-state index is 0.863. The number of fused-ring (bicyclic) bond motifs is 4. The van der Waals surface area contributed by atoms with Crippen molar-refractivity contribution in [2.75, 3.05) is 4.90 Å². The van der Waals surface area contributed by atoms with Gasteiger partial charge in [0.1, 0.15) is 0 Å². The Morgan fingerprint density at radius 3 is 1.64 bits per heavy atom. The van der Waals surface area contributed by atoms with E-state index < -0.39 is 9.87 Å². The number of hydrogen-bond acceptors (Lipinski definition) is 5. The first-order valence-electron chi connectivity index (χ1n) is 8.01. The molecule has 0 unspecified atom stereocenters. The van der Waals surface area contributed by atoms with Crippen LogP contribution in [-0.2, 0) is 15.4 Å². The molecule has 1 spiro atoms. The van der Waals surface area contributed by atoms with Gasteiger partial charge in [0.05, 0.1) is 11.4 Å². The van der Waals surface area contributed by atoms with Crippen molar-refractivity contribution >= 4 is 42.3 Å². The molecule has 2 aliphatic rings. The first-order valence-corrected chi connectivity index (χ1v) is 8.90. The SMILES string of the molecule is SC1(S)OOC12c1ccccc1N(c1ccccc1)c1ccccc12. The van der Waals surface area contributed by atoms with Crippen LogP contribution in [0.2, 0.25) is 0 Å². The van der Waals surface area contributed by atoms with Crippen LogP contribution in [-0.4, -0.2) is 4.27 Å². The minimum atomic E-state index is -1.05. The van der Waals surface area contributed by atoms with Gasteiger partial charge in [0.2, 0.25) is 9.87 Å². The second kappa shape index (κ2) is 5.29. The van der Waals surface area contributed by atoms with Crippen LogP contribution in [0.3, 0.4) is 0 Å². The maximum atomic E-state index is 5.73. The molecule has 1 saturated heterocycles. The standard InChI is InChI=1S/C20H15NO2S2/c24-20(25)19(22-23-20)15-10-4-6-12-17(15)21(14-8-2-1-3-9-14)18-13-7-5-11-16(18)19/h1-13,24-25H. The van der Waals surface area contributed by atoms with Crippen LogP contribution < -0.4 is 4.90 Å². The van der Waals surface area contributed by atoms with Crippen molar-refractivity contribution in [3.8, 4) is 0 Å². The summed E-state index contributed by atoms with van der Waals surface area (Å²) in [5.41, 5.74) is 4.24. The van der Waals surface area contributed by atoms with Gasteiger partial charge in [-0.1, -0.05) is 54.6 Å². The van der Waals surface area contributed by atoms with Gasteiger partial charge < -0.3 is 4.90 Å². The topological polar surface area (TPSA) is 21.7 Å². The van der Waals surface area contributed by atoms with Gasteiger partial charge in [-0.2, -0.15) is 0 Å². The van der Waals surface area contributed by atoms with E-state index in [9.17, 15) is 0 Å². The zero-order chi connectivity index (χ0) is 17.1. The Balaban J connectivity index is 1.85. The monoisotopic (exact) mass is 365 g/mol. The molecule has 2 heterocycles. The number of para-hydroxylation sites is 3. The average molecular weight is 365 g/mol. The third-order valence-electron chi connectivity index (χ3n) is 4.80. The number of rotatable bonds is 1. The maximum Gasteiger partial charge on any atom is 0.230 e. The summed E-state index contributed by atoms with van der Waals surface area (Å²) in [7, 11) is 0. The highest BCUT2D eigenvalue weighted by molar-refractivity contribution is 8.00. The van der Waals surface area contributed by atoms with Crippen molar-refractivity contribution in [2.45, 2.75) is 9.87 Å². The summed E-state index contributed by atoms with van der Waals surface area (Å²) in [5, 5.41) is 0. The van der Waals surface area contributed by atoms with Crippen LogP contribution in [0.5, 0.6) is 0 Å². The molecule has 2 aliphatic heterocycles. The average Bonchev–Trinajstić information content (AvgIpc) is 2.65. The minimum Gasteiger partial charge on any atom is -0.310 e. The lowest BCUT2D eigenvalue weighted by Crippen LogP contribution is -2.60. The zero-order valence-corrected chi connectivity index (χ0v) is 15.0. The van der Waals surface area contributed by atoms with E-state index >= 15 is 0 Å². The van der Waals surface area contributed by atoms with Gasteiger partial charge in [-0.25, -0.2) is 9.78 Å². The van der Waals surface area contributed by atoms with Crippen LogP contribution >= 0.6 is 25.3 Å². The molecular formula is C20H15NO2S2. The van der Waals surface area contributed by atoms with E-state index in [1.807, 2.05) is 54.6 Å². The highest BCUT2D eigenvalue weighted by atomic mass is 32.2. The van der Waals surface area contributed by atoms with Gasteiger partial charge in [0.15, 0.2) is 0 Å². The van der Waals surface area contributed by atoms with E-state index in [0.717, 1.165) is 28.2 Å². The molecule has 5 heteroatoms. The molecule has 3 aromatic rings. The molecule has 0 radical (unpaired) electrons. The molecule has 25 heavy (non-hydrogen) atoms. The van der Waals surface area contributed by atoms with E-state index in [4.69, 9.17) is 9.78 Å².